The molecule has 3 rings (SSSR count). The SMILES string of the molecule is O=C(Nc1ccc([N+](=O)[O-])cn1)C(CC1CCCC1)c1ccc(F)c(C(F)(F)F)c1. The zero-order valence-corrected chi connectivity index (χ0v) is 15.8. The van der Waals surface area contributed by atoms with Gasteiger partial charge in [0, 0.05) is 6.07 Å². The van der Waals surface area contributed by atoms with Gasteiger partial charge in [-0.1, -0.05) is 31.7 Å². The van der Waals surface area contributed by atoms with E-state index < -0.39 is 34.3 Å². The molecule has 0 saturated heterocycles. The molecule has 1 unspecified atom stereocenters. The lowest BCUT2D eigenvalue weighted by Gasteiger charge is -2.21. The number of pyridine rings is 1. The first-order chi connectivity index (χ1) is 14.1. The maximum atomic E-state index is 13.7. The third-order valence-corrected chi connectivity index (χ3v) is 5.27. The van der Waals surface area contributed by atoms with Crippen molar-refractivity contribution in [1.82, 2.24) is 4.98 Å². The molecular formula is C20H19F4N3O3. The van der Waals surface area contributed by atoms with Crippen molar-refractivity contribution in [3.8, 4) is 0 Å². The highest BCUT2D eigenvalue weighted by Gasteiger charge is 2.36. The van der Waals surface area contributed by atoms with Gasteiger partial charge in [0.25, 0.3) is 5.69 Å². The fourth-order valence-electron chi connectivity index (χ4n) is 3.73. The summed E-state index contributed by atoms with van der Waals surface area (Å²) in [6.45, 7) is 0. The van der Waals surface area contributed by atoms with Crippen LogP contribution < -0.4 is 5.32 Å². The van der Waals surface area contributed by atoms with E-state index >= 15 is 0 Å². The number of aromatic nitrogens is 1. The number of halogens is 4. The Balaban J connectivity index is 1.88. The second-order valence-corrected chi connectivity index (χ2v) is 7.32. The topological polar surface area (TPSA) is 85.1 Å². The molecule has 1 fully saturated rings. The average Bonchev–Trinajstić information content (AvgIpc) is 3.19. The van der Waals surface area contributed by atoms with E-state index in [0.29, 0.717) is 12.5 Å². The van der Waals surface area contributed by atoms with Gasteiger partial charge in [0.1, 0.15) is 17.8 Å². The van der Waals surface area contributed by atoms with Crippen LogP contribution in [0.1, 0.15) is 49.1 Å². The Morgan fingerprint density at radius 1 is 1.23 bits per heavy atom. The lowest BCUT2D eigenvalue weighted by atomic mass is 9.86. The molecule has 2 aromatic rings. The zero-order chi connectivity index (χ0) is 21.9. The number of amides is 1. The zero-order valence-electron chi connectivity index (χ0n) is 15.8. The summed E-state index contributed by atoms with van der Waals surface area (Å²) in [6.07, 6.45) is 0.122. The average molecular weight is 425 g/mol. The number of rotatable bonds is 6. The molecule has 6 nitrogen and oxygen atoms in total. The lowest BCUT2D eigenvalue weighted by molar-refractivity contribution is -0.385. The number of nitrogens with zero attached hydrogens (tertiary/aromatic N) is 2. The molecule has 160 valence electrons. The third kappa shape index (κ3) is 5.11. The van der Waals surface area contributed by atoms with Crippen molar-refractivity contribution in [2.24, 2.45) is 5.92 Å². The molecule has 1 aliphatic carbocycles. The molecule has 1 saturated carbocycles. The highest BCUT2D eigenvalue weighted by molar-refractivity contribution is 5.95. The fraction of sp³-hybridized carbons (Fsp3) is 0.400. The van der Waals surface area contributed by atoms with Crippen LogP contribution in [0.4, 0.5) is 29.1 Å². The van der Waals surface area contributed by atoms with Crippen LogP contribution in [-0.2, 0) is 11.0 Å². The maximum Gasteiger partial charge on any atom is 0.419 e. The Kier molecular flexibility index (Phi) is 6.33. The summed E-state index contributed by atoms with van der Waals surface area (Å²) in [5.74, 6) is -2.72. The Morgan fingerprint density at radius 2 is 1.93 bits per heavy atom. The normalized spacial score (nSPS) is 15.7. The first-order valence-corrected chi connectivity index (χ1v) is 9.43. The highest BCUT2D eigenvalue weighted by atomic mass is 19.4. The van der Waals surface area contributed by atoms with Crippen molar-refractivity contribution in [2.75, 3.05) is 5.32 Å². The fourth-order valence-corrected chi connectivity index (χ4v) is 3.73. The Bertz CT molecular complexity index is 926. The first kappa shape index (κ1) is 21.7. The number of alkyl halides is 3. The minimum absolute atomic E-state index is 0.0418. The Labute approximate surface area is 169 Å². The van der Waals surface area contributed by atoms with Gasteiger partial charge in [0.15, 0.2) is 0 Å². The molecule has 0 aliphatic heterocycles. The molecule has 30 heavy (non-hydrogen) atoms. The van der Waals surface area contributed by atoms with Gasteiger partial charge in [-0.2, -0.15) is 13.2 Å². The van der Waals surface area contributed by atoms with Crippen molar-refractivity contribution in [2.45, 2.75) is 44.2 Å². The van der Waals surface area contributed by atoms with E-state index in [1.807, 2.05) is 0 Å². The molecule has 10 heteroatoms. The highest BCUT2D eigenvalue weighted by Crippen LogP contribution is 2.38. The van der Waals surface area contributed by atoms with Crippen molar-refractivity contribution < 1.29 is 27.3 Å². The Morgan fingerprint density at radius 3 is 2.50 bits per heavy atom. The number of carbonyl (C=O) groups is 1. The van der Waals surface area contributed by atoms with E-state index in [-0.39, 0.29) is 23.0 Å². The molecular weight excluding hydrogens is 406 g/mol. The second-order valence-electron chi connectivity index (χ2n) is 7.32. The van der Waals surface area contributed by atoms with Gasteiger partial charge in [-0.05, 0) is 36.1 Å². The third-order valence-electron chi connectivity index (χ3n) is 5.27. The number of hydrogen-bond acceptors (Lipinski definition) is 4. The molecule has 1 aromatic heterocycles. The molecule has 0 spiro atoms. The van der Waals surface area contributed by atoms with Crippen molar-refractivity contribution in [3.63, 3.8) is 0 Å². The molecule has 0 radical (unpaired) electrons. The van der Waals surface area contributed by atoms with Gasteiger partial charge in [0.2, 0.25) is 5.91 Å². The number of nitrogens with one attached hydrogen (secondary N) is 1. The van der Waals surface area contributed by atoms with Crippen LogP contribution >= 0.6 is 0 Å². The maximum absolute atomic E-state index is 13.7. The standard InChI is InChI=1S/C20H19F4N3O3/c21-17-7-5-13(10-16(17)20(22,23)24)15(9-12-3-1-2-4-12)19(28)26-18-8-6-14(11-25-18)27(29)30/h5-8,10-12,15H,1-4,9H2,(H,25,26,28). The van der Waals surface area contributed by atoms with Crippen LogP contribution in [0.15, 0.2) is 36.5 Å². The van der Waals surface area contributed by atoms with Gasteiger partial charge < -0.3 is 5.32 Å². The summed E-state index contributed by atoms with van der Waals surface area (Å²) >= 11 is 0. The quantitative estimate of drug-likeness (QED) is 0.379. The van der Waals surface area contributed by atoms with Crippen molar-refractivity contribution in [3.05, 3.63) is 63.6 Å². The Hall–Kier alpha value is -3.04. The summed E-state index contributed by atoms with van der Waals surface area (Å²) in [6, 6.07) is 4.99. The smallest absolute Gasteiger partial charge is 0.310 e. The first-order valence-electron chi connectivity index (χ1n) is 9.43. The van der Waals surface area contributed by atoms with Gasteiger partial charge in [-0.15, -0.1) is 0 Å². The van der Waals surface area contributed by atoms with Gasteiger partial charge in [-0.3, -0.25) is 14.9 Å². The van der Waals surface area contributed by atoms with Crippen LogP contribution in [-0.4, -0.2) is 15.8 Å². The largest absolute Gasteiger partial charge is 0.419 e. The van der Waals surface area contributed by atoms with Gasteiger partial charge in [0.05, 0.1) is 16.4 Å². The van der Waals surface area contributed by atoms with E-state index in [9.17, 15) is 32.5 Å². The van der Waals surface area contributed by atoms with Crippen LogP contribution in [0.5, 0.6) is 0 Å². The summed E-state index contributed by atoms with van der Waals surface area (Å²) < 4.78 is 53.1. The van der Waals surface area contributed by atoms with Gasteiger partial charge in [-0.25, -0.2) is 9.37 Å². The predicted octanol–water partition coefficient (Wildman–Crippen LogP) is 5.45. The lowest BCUT2D eigenvalue weighted by Crippen LogP contribution is -2.24. The molecule has 1 N–H and O–H groups in total. The summed E-state index contributed by atoms with van der Waals surface area (Å²) in [5, 5.41) is 13.2. The van der Waals surface area contributed by atoms with Crippen molar-refractivity contribution in [1.29, 1.82) is 0 Å². The van der Waals surface area contributed by atoms with Gasteiger partial charge >= 0.3 is 6.18 Å². The van der Waals surface area contributed by atoms with Crippen LogP contribution in [0.3, 0.4) is 0 Å². The number of carbonyl (C=O) groups excluding carboxylic acids is 1. The number of anilines is 1. The second kappa shape index (κ2) is 8.76. The van der Waals surface area contributed by atoms with Crippen LogP contribution in [0.2, 0.25) is 0 Å². The van der Waals surface area contributed by atoms with Crippen LogP contribution in [0, 0.1) is 21.8 Å². The van der Waals surface area contributed by atoms with E-state index in [4.69, 9.17) is 0 Å². The predicted molar refractivity (Wildman–Crippen MR) is 100 cm³/mol. The molecule has 1 aliphatic rings. The van der Waals surface area contributed by atoms with E-state index in [2.05, 4.69) is 10.3 Å². The summed E-state index contributed by atoms with van der Waals surface area (Å²) in [7, 11) is 0. The number of hydrogen-bond donors (Lipinski definition) is 1. The van der Waals surface area contributed by atoms with Crippen LogP contribution in [0.25, 0.3) is 0 Å². The monoisotopic (exact) mass is 425 g/mol. The molecule has 0 bridgehead atoms. The van der Waals surface area contributed by atoms with E-state index in [0.717, 1.165) is 44.0 Å². The minimum Gasteiger partial charge on any atom is -0.310 e. The molecule has 1 atom stereocenters. The summed E-state index contributed by atoms with van der Waals surface area (Å²) in [5.41, 5.74) is -1.61. The number of benzene rings is 1. The molecule has 1 heterocycles. The van der Waals surface area contributed by atoms with Crippen molar-refractivity contribution >= 4 is 17.4 Å². The number of nitro groups is 1. The molecule has 1 amide bonds. The minimum atomic E-state index is -4.88. The van der Waals surface area contributed by atoms with E-state index in [1.54, 1.807) is 0 Å². The van der Waals surface area contributed by atoms with E-state index in [1.165, 1.54) is 12.1 Å². The molecule has 1 aromatic carbocycles. The summed E-state index contributed by atoms with van der Waals surface area (Å²) in [4.78, 5) is 26.8.